The van der Waals surface area contributed by atoms with Gasteiger partial charge in [-0.15, -0.1) is 0 Å². The molecule has 0 unspecified atom stereocenters. The van der Waals surface area contributed by atoms with Crippen LogP contribution in [0.3, 0.4) is 0 Å². The van der Waals surface area contributed by atoms with Crippen LogP contribution in [0.15, 0.2) is 0 Å². The summed E-state index contributed by atoms with van der Waals surface area (Å²) in [6.45, 7) is 0.527. The number of rotatable bonds is 3. The van der Waals surface area contributed by atoms with Gasteiger partial charge in [0, 0.05) is 19.6 Å². The van der Waals surface area contributed by atoms with Crippen LogP contribution < -0.4 is 5.32 Å². The maximum absolute atomic E-state index is 11.7. The Balaban J connectivity index is 1.64. The highest BCUT2D eigenvalue weighted by Crippen LogP contribution is 2.55. The molecule has 3 nitrogen and oxygen atoms in total. The highest BCUT2D eigenvalue weighted by atomic mass is 16.2. The molecule has 0 heterocycles. The van der Waals surface area contributed by atoms with E-state index in [9.17, 15) is 4.79 Å². The highest BCUT2D eigenvalue weighted by Gasteiger charge is 2.50. The second kappa shape index (κ2) is 3.98. The minimum Gasteiger partial charge on any atom is -0.348 e. The fourth-order valence-corrected chi connectivity index (χ4v) is 4.75. The van der Waals surface area contributed by atoms with Gasteiger partial charge in [0.1, 0.15) is 0 Å². The van der Waals surface area contributed by atoms with Crippen molar-refractivity contribution < 1.29 is 4.79 Å². The lowest BCUT2D eigenvalue weighted by molar-refractivity contribution is -0.129. The van der Waals surface area contributed by atoms with Crippen molar-refractivity contribution in [3.63, 3.8) is 0 Å². The molecular weight excluding hydrogens is 212 g/mol. The summed E-state index contributed by atoms with van der Waals surface area (Å²) in [6, 6.07) is 0. The second-order valence-electron chi connectivity index (χ2n) is 6.84. The number of carbonyl (C=O) groups is 1. The molecule has 17 heavy (non-hydrogen) atoms. The predicted octanol–water partition coefficient (Wildman–Crippen LogP) is 1.63. The first-order valence-electron chi connectivity index (χ1n) is 7.01. The lowest BCUT2D eigenvalue weighted by Crippen LogP contribution is -2.59. The Labute approximate surface area is 104 Å². The van der Waals surface area contributed by atoms with Crippen molar-refractivity contribution in [2.45, 2.75) is 44.1 Å². The van der Waals surface area contributed by atoms with Gasteiger partial charge in [0.2, 0.25) is 5.91 Å². The molecule has 4 bridgehead atoms. The summed E-state index contributed by atoms with van der Waals surface area (Å²) in [6.07, 6.45) is 8.34. The molecule has 4 rings (SSSR count). The molecule has 1 N–H and O–H groups in total. The molecule has 3 heteroatoms. The summed E-state index contributed by atoms with van der Waals surface area (Å²) in [5.41, 5.74) is 0.320. The molecule has 0 aromatic heterocycles. The van der Waals surface area contributed by atoms with E-state index in [1.54, 1.807) is 4.90 Å². The van der Waals surface area contributed by atoms with Gasteiger partial charge in [0.15, 0.2) is 0 Å². The van der Waals surface area contributed by atoms with Crippen molar-refractivity contribution in [1.82, 2.24) is 10.2 Å². The zero-order valence-electron chi connectivity index (χ0n) is 11.0. The molecule has 0 aromatic rings. The predicted molar refractivity (Wildman–Crippen MR) is 67.6 cm³/mol. The molecule has 4 saturated carbocycles. The fourth-order valence-electron chi connectivity index (χ4n) is 4.75. The van der Waals surface area contributed by atoms with Crippen molar-refractivity contribution in [3.8, 4) is 0 Å². The molecule has 0 atom stereocenters. The number of amides is 1. The standard InChI is InChI=1S/C14H24N2O/c1-16(2)13(17)9-15-14-6-10-3-11(7-14)5-12(4-10)8-14/h10-12,15H,3-9H2,1-2H3. The Kier molecular flexibility index (Phi) is 2.69. The maximum Gasteiger partial charge on any atom is 0.236 e. The summed E-state index contributed by atoms with van der Waals surface area (Å²) in [4.78, 5) is 13.4. The first-order valence-corrected chi connectivity index (χ1v) is 7.01. The molecule has 0 saturated heterocycles. The topological polar surface area (TPSA) is 32.3 Å². The van der Waals surface area contributed by atoms with Crippen LogP contribution in [0, 0.1) is 17.8 Å². The van der Waals surface area contributed by atoms with Crippen molar-refractivity contribution in [2.24, 2.45) is 17.8 Å². The highest BCUT2D eigenvalue weighted by molar-refractivity contribution is 5.77. The zero-order chi connectivity index (χ0) is 12.0. The number of hydrogen-bond acceptors (Lipinski definition) is 2. The Hall–Kier alpha value is -0.570. The Morgan fingerprint density at radius 2 is 1.59 bits per heavy atom. The van der Waals surface area contributed by atoms with Crippen LogP contribution in [0.4, 0.5) is 0 Å². The second-order valence-corrected chi connectivity index (χ2v) is 6.84. The molecule has 0 aromatic carbocycles. The number of likely N-dealkylation sites (N-methyl/N-ethyl adjacent to an activating group) is 1. The zero-order valence-corrected chi connectivity index (χ0v) is 11.0. The third kappa shape index (κ3) is 2.10. The van der Waals surface area contributed by atoms with Crippen LogP contribution in [0.2, 0.25) is 0 Å². The monoisotopic (exact) mass is 236 g/mol. The van der Waals surface area contributed by atoms with E-state index in [2.05, 4.69) is 5.32 Å². The Morgan fingerprint density at radius 1 is 1.12 bits per heavy atom. The third-order valence-electron chi connectivity index (χ3n) is 5.15. The normalized spacial score (nSPS) is 42.8. The molecule has 4 aliphatic carbocycles. The van der Waals surface area contributed by atoms with Crippen LogP contribution in [-0.2, 0) is 4.79 Å². The number of nitrogens with one attached hydrogen (secondary N) is 1. The molecular formula is C14H24N2O. The van der Waals surface area contributed by atoms with E-state index in [4.69, 9.17) is 0 Å². The van der Waals surface area contributed by atoms with E-state index in [0.29, 0.717) is 12.1 Å². The van der Waals surface area contributed by atoms with Gasteiger partial charge in [-0.3, -0.25) is 4.79 Å². The summed E-state index contributed by atoms with van der Waals surface area (Å²) in [5.74, 6) is 3.05. The molecule has 0 aliphatic heterocycles. The van der Waals surface area contributed by atoms with Crippen LogP contribution in [0.5, 0.6) is 0 Å². The Morgan fingerprint density at radius 3 is 2.00 bits per heavy atom. The SMILES string of the molecule is CN(C)C(=O)CNC12CC3CC(CC(C3)C1)C2. The lowest BCUT2D eigenvalue weighted by Gasteiger charge is -2.57. The average Bonchev–Trinajstić information content (AvgIpc) is 2.24. The first kappa shape index (κ1) is 11.5. The van der Waals surface area contributed by atoms with E-state index in [0.717, 1.165) is 17.8 Å². The lowest BCUT2D eigenvalue weighted by atomic mass is 9.53. The van der Waals surface area contributed by atoms with Crippen molar-refractivity contribution in [3.05, 3.63) is 0 Å². The minimum absolute atomic E-state index is 0.209. The maximum atomic E-state index is 11.7. The minimum atomic E-state index is 0.209. The van der Waals surface area contributed by atoms with Gasteiger partial charge >= 0.3 is 0 Å². The molecule has 0 radical (unpaired) electrons. The van der Waals surface area contributed by atoms with Gasteiger partial charge in [-0.2, -0.15) is 0 Å². The van der Waals surface area contributed by atoms with Crippen molar-refractivity contribution in [1.29, 1.82) is 0 Å². The number of carbonyl (C=O) groups excluding carboxylic acids is 1. The van der Waals surface area contributed by atoms with Crippen LogP contribution in [0.1, 0.15) is 38.5 Å². The van der Waals surface area contributed by atoms with E-state index in [1.165, 1.54) is 38.5 Å². The summed E-state index contributed by atoms with van der Waals surface area (Å²) in [5, 5.41) is 3.62. The summed E-state index contributed by atoms with van der Waals surface area (Å²) >= 11 is 0. The van der Waals surface area contributed by atoms with Crippen LogP contribution in [-0.4, -0.2) is 37.0 Å². The fraction of sp³-hybridized carbons (Fsp3) is 0.929. The van der Waals surface area contributed by atoms with E-state index < -0.39 is 0 Å². The van der Waals surface area contributed by atoms with E-state index >= 15 is 0 Å². The molecule has 96 valence electrons. The molecule has 1 amide bonds. The van der Waals surface area contributed by atoms with E-state index in [1.807, 2.05) is 14.1 Å². The van der Waals surface area contributed by atoms with Gasteiger partial charge in [-0.05, 0) is 56.3 Å². The van der Waals surface area contributed by atoms with Gasteiger partial charge in [0.05, 0.1) is 6.54 Å². The van der Waals surface area contributed by atoms with Crippen molar-refractivity contribution >= 4 is 5.91 Å². The number of nitrogens with zero attached hydrogens (tertiary/aromatic N) is 1. The van der Waals surface area contributed by atoms with E-state index in [-0.39, 0.29) is 5.91 Å². The number of hydrogen-bond donors (Lipinski definition) is 1. The molecule has 0 spiro atoms. The largest absolute Gasteiger partial charge is 0.348 e. The average molecular weight is 236 g/mol. The molecule has 4 fully saturated rings. The third-order valence-corrected chi connectivity index (χ3v) is 5.15. The van der Waals surface area contributed by atoms with Gasteiger partial charge in [-0.25, -0.2) is 0 Å². The smallest absolute Gasteiger partial charge is 0.236 e. The first-order chi connectivity index (χ1) is 8.06. The molecule has 4 aliphatic rings. The van der Waals surface area contributed by atoms with Crippen molar-refractivity contribution in [2.75, 3.05) is 20.6 Å². The van der Waals surface area contributed by atoms with Gasteiger partial charge in [0.25, 0.3) is 0 Å². The summed E-state index contributed by atoms with van der Waals surface area (Å²) in [7, 11) is 3.67. The van der Waals surface area contributed by atoms with Gasteiger partial charge < -0.3 is 10.2 Å². The van der Waals surface area contributed by atoms with Gasteiger partial charge in [-0.1, -0.05) is 0 Å². The van der Waals surface area contributed by atoms with Crippen LogP contribution >= 0.6 is 0 Å². The Bertz CT molecular complexity index is 289. The quantitative estimate of drug-likeness (QED) is 0.808. The summed E-state index contributed by atoms with van der Waals surface area (Å²) < 4.78 is 0. The van der Waals surface area contributed by atoms with Crippen LogP contribution in [0.25, 0.3) is 0 Å².